The van der Waals surface area contributed by atoms with E-state index in [1.54, 1.807) is 16.7 Å². The summed E-state index contributed by atoms with van der Waals surface area (Å²) >= 11 is 3.06. The number of nitrogens with zero attached hydrogens (tertiary/aromatic N) is 2. The number of hydrogen-bond donors (Lipinski definition) is 0. The summed E-state index contributed by atoms with van der Waals surface area (Å²) in [5, 5.41) is 2.65. The number of amides is 1. The molecule has 2 aromatic carbocycles. The van der Waals surface area contributed by atoms with Crippen LogP contribution in [0.3, 0.4) is 0 Å². The fourth-order valence-corrected chi connectivity index (χ4v) is 4.40. The molecule has 2 heterocycles. The monoisotopic (exact) mass is 364 g/mol. The fourth-order valence-electron chi connectivity index (χ4n) is 2.74. The van der Waals surface area contributed by atoms with Crippen LogP contribution < -0.4 is 4.90 Å². The molecule has 1 aliphatic heterocycles. The molecule has 3 aromatic rings. The third-order valence-electron chi connectivity index (χ3n) is 4.05. The molecule has 0 radical (unpaired) electrons. The highest BCUT2D eigenvalue weighted by Crippen LogP contribution is 2.36. The predicted octanol–water partition coefficient (Wildman–Crippen LogP) is 5.64. The van der Waals surface area contributed by atoms with Gasteiger partial charge in [0.1, 0.15) is 0 Å². The molecule has 0 N–H and O–H groups in total. The number of aryl methyl sites for hydroxylation is 1. The van der Waals surface area contributed by atoms with E-state index in [1.807, 2.05) is 66.9 Å². The fraction of sp³-hybridized carbons (Fsp3) is 0.100. The summed E-state index contributed by atoms with van der Waals surface area (Å²) in [4.78, 5) is 20.4. The van der Waals surface area contributed by atoms with Gasteiger partial charge >= 0.3 is 0 Å². The van der Waals surface area contributed by atoms with Crippen molar-refractivity contribution in [3.8, 4) is 0 Å². The normalized spacial score (nSPS) is 15.2. The van der Waals surface area contributed by atoms with Crippen molar-refractivity contribution in [2.24, 2.45) is 4.99 Å². The average molecular weight is 364 g/mol. The van der Waals surface area contributed by atoms with Crippen molar-refractivity contribution in [3.05, 3.63) is 82.0 Å². The number of rotatable bonds is 2. The van der Waals surface area contributed by atoms with Gasteiger partial charge in [-0.3, -0.25) is 9.69 Å². The highest BCUT2D eigenvalue weighted by atomic mass is 32.2. The molecule has 25 heavy (non-hydrogen) atoms. The van der Waals surface area contributed by atoms with Gasteiger partial charge < -0.3 is 0 Å². The maximum absolute atomic E-state index is 13.2. The van der Waals surface area contributed by atoms with Crippen molar-refractivity contribution in [1.82, 2.24) is 0 Å². The number of thiophene rings is 1. The Hall–Kier alpha value is -2.37. The Balaban J connectivity index is 1.83. The lowest BCUT2D eigenvalue weighted by molar-refractivity contribution is 0.101. The second-order valence-corrected chi connectivity index (χ2v) is 7.61. The summed E-state index contributed by atoms with van der Waals surface area (Å²) < 4.78 is 0. The van der Waals surface area contributed by atoms with Gasteiger partial charge in [0.05, 0.1) is 16.3 Å². The van der Waals surface area contributed by atoms with Gasteiger partial charge in [-0.1, -0.05) is 54.2 Å². The first-order valence-corrected chi connectivity index (χ1v) is 9.83. The maximum Gasteiger partial charge on any atom is 0.274 e. The van der Waals surface area contributed by atoms with Gasteiger partial charge in [-0.25, -0.2) is 4.99 Å². The van der Waals surface area contributed by atoms with Gasteiger partial charge in [0.2, 0.25) is 0 Å². The van der Waals surface area contributed by atoms with Crippen molar-refractivity contribution in [3.63, 3.8) is 0 Å². The largest absolute Gasteiger partial charge is 0.274 e. The number of carbonyl (C=O) groups excluding carboxylic acids is 1. The second kappa shape index (κ2) is 6.86. The van der Waals surface area contributed by atoms with Crippen LogP contribution in [0.1, 0.15) is 20.8 Å². The number of para-hydroxylation sites is 2. The van der Waals surface area contributed by atoms with Crippen LogP contribution in [0.4, 0.5) is 11.4 Å². The van der Waals surface area contributed by atoms with Gasteiger partial charge in [-0.15, -0.1) is 11.3 Å². The number of thioether (sulfide) groups is 1. The van der Waals surface area contributed by atoms with E-state index in [9.17, 15) is 4.79 Å². The number of fused-ring (bicyclic) bond motifs is 1. The quantitative estimate of drug-likeness (QED) is 0.590. The lowest BCUT2D eigenvalue weighted by Crippen LogP contribution is -2.37. The van der Waals surface area contributed by atoms with E-state index >= 15 is 0 Å². The number of hydrogen-bond acceptors (Lipinski definition) is 4. The van der Waals surface area contributed by atoms with Crippen LogP contribution in [0.2, 0.25) is 0 Å². The molecule has 4 rings (SSSR count). The van der Waals surface area contributed by atoms with E-state index in [0.717, 1.165) is 38.3 Å². The number of amidine groups is 1. The topological polar surface area (TPSA) is 32.7 Å². The summed E-state index contributed by atoms with van der Waals surface area (Å²) in [6.07, 6.45) is 0. The number of aliphatic imine (C=N–C) groups is 1. The maximum atomic E-state index is 13.2. The first-order chi connectivity index (χ1) is 12.2. The molecule has 0 fully saturated rings. The van der Waals surface area contributed by atoms with Crippen molar-refractivity contribution in [1.29, 1.82) is 0 Å². The predicted molar refractivity (Wildman–Crippen MR) is 107 cm³/mol. The molecule has 1 aliphatic rings. The average Bonchev–Trinajstić information content (AvgIpc) is 3.17. The molecule has 3 nitrogen and oxygen atoms in total. The highest BCUT2D eigenvalue weighted by Gasteiger charge is 2.30. The molecule has 0 saturated carbocycles. The molecular weight excluding hydrogens is 348 g/mol. The molecule has 0 bridgehead atoms. The van der Waals surface area contributed by atoms with Crippen molar-refractivity contribution in [2.45, 2.75) is 12.7 Å². The van der Waals surface area contributed by atoms with E-state index in [4.69, 9.17) is 4.99 Å². The third-order valence-corrected chi connectivity index (χ3v) is 5.89. The smallest absolute Gasteiger partial charge is 0.267 e. The summed E-state index contributed by atoms with van der Waals surface area (Å²) in [5.41, 5.74) is 4.07. The van der Waals surface area contributed by atoms with Crippen LogP contribution in [-0.2, 0) is 5.75 Å². The van der Waals surface area contributed by atoms with Crippen molar-refractivity contribution in [2.75, 3.05) is 4.90 Å². The van der Waals surface area contributed by atoms with Crippen LogP contribution >= 0.6 is 23.1 Å². The summed E-state index contributed by atoms with van der Waals surface area (Å²) in [6.45, 7) is 2.03. The van der Waals surface area contributed by atoms with Crippen molar-refractivity contribution >= 4 is 45.5 Å². The van der Waals surface area contributed by atoms with E-state index in [2.05, 4.69) is 6.07 Å². The number of anilines is 1. The Kier molecular flexibility index (Phi) is 4.42. The van der Waals surface area contributed by atoms with Crippen LogP contribution in [-0.4, -0.2) is 11.1 Å². The lowest BCUT2D eigenvalue weighted by atomic mass is 10.1. The van der Waals surface area contributed by atoms with Gasteiger partial charge in [-0.05, 0) is 41.6 Å². The third kappa shape index (κ3) is 3.13. The molecule has 124 valence electrons. The first-order valence-electron chi connectivity index (χ1n) is 7.97. The number of benzene rings is 2. The van der Waals surface area contributed by atoms with Crippen LogP contribution in [0.25, 0.3) is 0 Å². The molecule has 1 amide bonds. The van der Waals surface area contributed by atoms with Gasteiger partial charge in [0.25, 0.3) is 5.91 Å². The summed E-state index contributed by atoms with van der Waals surface area (Å²) in [6, 6.07) is 19.8. The zero-order chi connectivity index (χ0) is 17.2. The Morgan fingerprint density at radius 2 is 1.84 bits per heavy atom. The van der Waals surface area contributed by atoms with Crippen LogP contribution in [0.15, 0.2) is 71.0 Å². The Bertz CT molecular complexity index is 948. The second-order valence-electron chi connectivity index (χ2n) is 5.72. The molecule has 0 spiro atoms. The summed E-state index contributed by atoms with van der Waals surface area (Å²) in [5.74, 6) is 0.789. The molecule has 0 atom stereocenters. The minimum atomic E-state index is -0.0259. The molecular formula is C20H16N2OS2. The Morgan fingerprint density at radius 1 is 1.04 bits per heavy atom. The van der Waals surface area contributed by atoms with Crippen LogP contribution in [0.5, 0.6) is 0 Å². The zero-order valence-electron chi connectivity index (χ0n) is 13.7. The van der Waals surface area contributed by atoms with Crippen molar-refractivity contribution < 1.29 is 4.79 Å². The van der Waals surface area contributed by atoms with E-state index in [-0.39, 0.29) is 5.91 Å². The Morgan fingerprint density at radius 3 is 2.64 bits per heavy atom. The van der Waals surface area contributed by atoms with Crippen LogP contribution in [0, 0.1) is 6.92 Å². The van der Waals surface area contributed by atoms with E-state index < -0.39 is 0 Å². The SMILES string of the molecule is Cc1ccccc1N=C1SCc2ccccc2N1C(=O)c1cccs1. The standard InChI is InChI=1S/C20H16N2OS2/c1-14-7-2-4-9-16(14)21-20-22(19(23)18-11-6-12-24-18)17-10-5-3-8-15(17)13-25-20/h2-12H,13H2,1H3. The van der Waals surface area contributed by atoms with E-state index in [1.165, 1.54) is 11.3 Å². The highest BCUT2D eigenvalue weighted by molar-refractivity contribution is 8.13. The molecule has 1 aromatic heterocycles. The minimum absolute atomic E-state index is 0.0259. The van der Waals surface area contributed by atoms with Gasteiger partial charge in [-0.2, -0.15) is 0 Å². The molecule has 0 unspecified atom stereocenters. The molecule has 0 saturated heterocycles. The number of carbonyl (C=O) groups is 1. The molecule has 0 aliphatic carbocycles. The summed E-state index contributed by atoms with van der Waals surface area (Å²) in [7, 11) is 0. The zero-order valence-corrected chi connectivity index (χ0v) is 15.3. The lowest BCUT2D eigenvalue weighted by Gasteiger charge is -2.29. The first kappa shape index (κ1) is 16.1. The van der Waals surface area contributed by atoms with Gasteiger partial charge in [0.15, 0.2) is 5.17 Å². The van der Waals surface area contributed by atoms with Gasteiger partial charge in [0, 0.05) is 5.75 Å². The van der Waals surface area contributed by atoms with E-state index in [0.29, 0.717) is 0 Å². The minimum Gasteiger partial charge on any atom is -0.267 e. The Labute approximate surface area is 155 Å². The molecule has 5 heteroatoms.